The number of anilines is 1. The van der Waals surface area contributed by atoms with E-state index in [0.29, 0.717) is 12.2 Å². The van der Waals surface area contributed by atoms with E-state index < -0.39 is 9.84 Å². The molecule has 5 nitrogen and oxygen atoms in total. The predicted molar refractivity (Wildman–Crippen MR) is 86.9 cm³/mol. The van der Waals surface area contributed by atoms with Crippen LogP contribution in [0.15, 0.2) is 11.4 Å². The molecule has 1 saturated heterocycles. The van der Waals surface area contributed by atoms with Crippen molar-refractivity contribution in [2.75, 3.05) is 23.9 Å². The standard InChI is InChI=1S/C14H19N3O2S2/c1-9-6-12(13-7-20-14(15-3)16-13)10(2)17(9)11-4-5-21(18,19)8-11/h6-7,11H,4-5,8H2,1-3H3,(H,15,16). The summed E-state index contributed by atoms with van der Waals surface area (Å²) in [6, 6.07) is 2.17. The molecule has 3 rings (SSSR count). The molecule has 1 aliphatic rings. The van der Waals surface area contributed by atoms with E-state index >= 15 is 0 Å². The molecule has 1 fully saturated rings. The second-order valence-corrected chi connectivity index (χ2v) is 8.59. The van der Waals surface area contributed by atoms with E-state index in [0.717, 1.165) is 27.8 Å². The minimum absolute atomic E-state index is 0.0613. The topological polar surface area (TPSA) is 64.0 Å². The Bertz CT molecular complexity index is 774. The monoisotopic (exact) mass is 325 g/mol. The van der Waals surface area contributed by atoms with Gasteiger partial charge in [0, 0.05) is 35.4 Å². The normalized spacial score (nSPS) is 20.8. The van der Waals surface area contributed by atoms with Gasteiger partial charge in [0.2, 0.25) is 0 Å². The van der Waals surface area contributed by atoms with E-state index in [1.807, 2.05) is 26.3 Å². The first kappa shape index (κ1) is 14.6. The van der Waals surface area contributed by atoms with E-state index in [-0.39, 0.29) is 11.8 Å². The summed E-state index contributed by atoms with van der Waals surface area (Å²) in [6.07, 6.45) is 0.705. The van der Waals surface area contributed by atoms with E-state index in [9.17, 15) is 8.42 Å². The largest absolute Gasteiger partial charge is 0.365 e. The average Bonchev–Trinajstić information content (AvgIpc) is 3.08. The molecule has 1 aliphatic heterocycles. The lowest BCUT2D eigenvalue weighted by molar-refractivity contribution is 0.536. The van der Waals surface area contributed by atoms with E-state index in [2.05, 4.69) is 20.9 Å². The molecule has 0 radical (unpaired) electrons. The van der Waals surface area contributed by atoms with Crippen molar-refractivity contribution in [2.45, 2.75) is 26.3 Å². The van der Waals surface area contributed by atoms with Crippen LogP contribution < -0.4 is 5.32 Å². The number of sulfone groups is 1. The van der Waals surface area contributed by atoms with Crippen molar-refractivity contribution in [2.24, 2.45) is 0 Å². The smallest absolute Gasteiger partial charge is 0.182 e. The number of nitrogens with zero attached hydrogens (tertiary/aromatic N) is 2. The Hall–Kier alpha value is -1.34. The maximum absolute atomic E-state index is 11.7. The predicted octanol–water partition coefficient (Wildman–Crippen LogP) is 2.63. The van der Waals surface area contributed by atoms with Gasteiger partial charge < -0.3 is 9.88 Å². The van der Waals surface area contributed by atoms with Crippen molar-refractivity contribution in [1.82, 2.24) is 9.55 Å². The van der Waals surface area contributed by atoms with Crippen LogP contribution in [-0.2, 0) is 9.84 Å². The van der Waals surface area contributed by atoms with Gasteiger partial charge in [0.05, 0.1) is 17.2 Å². The van der Waals surface area contributed by atoms with Crippen molar-refractivity contribution < 1.29 is 8.42 Å². The Labute approximate surface area is 128 Å². The molecule has 21 heavy (non-hydrogen) atoms. The summed E-state index contributed by atoms with van der Waals surface area (Å²) >= 11 is 1.57. The highest BCUT2D eigenvalue weighted by molar-refractivity contribution is 7.91. The number of thiazole rings is 1. The number of rotatable bonds is 3. The molecule has 1 N–H and O–H groups in total. The molecular formula is C14H19N3O2S2. The van der Waals surface area contributed by atoms with Crippen LogP contribution in [0.4, 0.5) is 5.13 Å². The molecule has 7 heteroatoms. The maximum Gasteiger partial charge on any atom is 0.182 e. The number of hydrogen-bond acceptors (Lipinski definition) is 5. The summed E-state index contributed by atoms with van der Waals surface area (Å²) in [7, 11) is -1.02. The van der Waals surface area contributed by atoms with E-state index in [4.69, 9.17) is 0 Å². The van der Waals surface area contributed by atoms with E-state index in [1.165, 1.54) is 0 Å². The third-order valence-corrected chi connectivity index (χ3v) is 6.66. The summed E-state index contributed by atoms with van der Waals surface area (Å²) < 4.78 is 25.6. The minimum Gasteiger partial charge on any atom is -0.365 e. The van der Waals surface area contributed by atoms with Crippen molar-refractivity contribution >= 4 is 26.3 Å². The van der Waals surface area contributed by atoms with Gasteiger partial charge in [-0.1, -0.05) is 0 Å². The molecular weight excluding hydrogens is 306 g/mol. The molecule has 0 amide bonds. The molecule has 2 aromatic heterocycles. The third-order valence-electron chi connectivity index (χ3n) is 4.05. The quantitative estimate of drug-likeness (QED) is 0.942. The van der Waals surface area contributed by atoms with Crippen LogP contribution in [0, 0.1) is 13.8 Å². The number of nitrogens with one attached hydrogen (secondary N) is 1. The van der Waals surface area contributed by atoms with Gasteiger partial charge in [0.25, 0.3) is 0 Å². The lowest BCUT2D eigenvalue weighted by Gasteiger charge is -2.16. The molecule has 114 valence electrons. The summed E-state index contributed by atoms with van der Waals surface area (Å²) in [4.78, 5) is 4.55. The van der Waals surface area contributed by atoms with Crippen LogP contribution in [0.3, 0.4) is 0 Å². The lowest BCUT2D eigenvalue weighted by Crippen LogP contribution is -2.13. The first-order valence-electron chi connectivity index (χ1n) is 6.94. The van der Waals surface area contributed by atoms with Crippen LogP contribution in [0.25, 0.3) is 11.3 Å². The zero-order chi connectivity index (χ0) is 15.2. The molecule has 1 unspecified atom stereocenters. The Balaban J connectivity index is 2.01. The van der Waals surface area contributed by atoms with Crippen LogP contribution in [-0.4, -0.2) is 36.5 Å². The molecule has 0 saturated carbocycles. The van der Waals surface area contributed by atoms with Crippen molar-refractivity contribution in [1.29, 1.82) is 0 Å². The van der Waals surface area contributed by atoms with Gasteiger partial charge in [-0.05, 0) is 26.3 Å². The van der Waals surface area contributed by atoms with Crippen molar-refractivity contribution in [3.8, 4) is 11.3 Å². The zero-order valence-electron chi connectivity index (χ0n) is 12.4. The molecule has 2 aromatic rings. The molecule has 0 spiro atoms. The highest BCUT2D eigenvalue weighted by Crippen LogP contribution is 2.34. The molecule has 0 bridgehead atoms. The Kier molecular flexibility index (Phi) is 3.57. The highest BCUT2D eigenvalue weighted by atomic mass is 32.2. The summed E-state index contributed by atoms with van der Waals surface area (Å²) in [5, 5.41) is 5.96. The van der Waals surface area contributed by atoms with Crippen LogP contribution in [0.2, 0.25) is 0 Å². The molecule has 1 atom stereocenters. The SMILES string of the molecule is CNc1nc(-c2cc(C)n(C3CCS(=O)(=O)C3)c2C)cs1. The van der Waals surface area contributed by atoms with Crippen LogP contribution in [0.5, 0.6) is 0 Å². The summed E-state index contributed by atoms with van der Waals surface area (Å²) in [6.45, 7) is 4.08. The van der Waals surface area contributed by atoms with Crippen molar-refractivity contribution in [3.05, 3.63) is 22.8 Å². The van der Waals surface area contributed by atoms with E-state index in [1.54, 1.807) is 11.3 Å². The highest BCUT2D eigenvalue weighted by Gasteiger charge is 2.31. The summed E-state index contributed by atoms with van der Waals surface area (Å²) in [5.74, 6) is 0.548. The molecule has 0 aromatic carbocycles. The second-order valence-electron chi connectivity index (χ2n) is 5.50. The minimum atomic E-state index is -2.88. The first-order valence-corrected chi connectivity index (χ1v) is 9.64. The fourth-order valence-corrected chi connectivity index (χ4v) is 5.46. The van der Waals surface area contributed by atoms with Gasteiger partial charge in [-0.3, -0.25) is 0 Å². The number of hydrogen-bond donors (Lipinski definition) is 1. The Morgan fingerprint density at radius 1 is 1.43 bits per heavy atom. The Morgan fingerprint density at radius 2 is 2.19 bits per heavy atom. The van der Waals surface area contributed by atoms with Crippen molar-refractivity contribution in [3.63, 3.8) is 0 Å². The lowest BCUT2D eigenvalue weighted by atomic mass is 10.2. The molecule has 0 aliphatic carbocycles. The second kappa shape index (κ2) is 5.14. The summed E-state index contributed by atoms with van der Waals surface area (Å²) in [5.41, 5.74) is 4.24. The average molecular weight is 325 g/mol. The zero-order valence-corrected chi connectivity index (χ0v) is 14.0. The van der Waals surface area contributed by atoms with Crippen LogP contribution >= 0.6 is 11.3 Å². The fraction of sp³-hybridized carbons (Fsp3) is 0.500. The molecule has 3 heterocycles. The Morgan fingerprint density at radius 3 is 2.76 bits per heavy atom. The van der Waals surface area contributed by atoms with Gasteiger partial charge in [-0.25, -0.2) is 13.4 Å². The number of aryl methyl sites for hydroxylation is 1. The first-order chi connectivity index (χ1) is 9.91. The van der Waals surface area contributed by atoms with Gasteiger partial charge in [0.15, 0.2) is 15.0 Å². The van der Waals surface area contributed by atoms with Gasteiger partial charge in [0.1, 0.15) is 0 Å². The van der Waals surface area contributed by atoms with Gasteiger partial charge >= 0.3 is 0 Å². The maximum atomic E-state index is 11.7. The fourth-order valence-electron chi connectivity index (χ4n) is 3.09. The van der Waals surface area contributed by atoms with Gasteiger partial charge in [-0.2, -0.15) is 0 Å². The van der Waals surface area contributed by atoms with Gasteiger partial charge in [-0.15, -0.1) is 11.3 Å². The van der Waals surface area contributed by atoms with Crippen LogP contribution in [0.1, 0.15) is 23.9 Å². The number of aromatic nitrogens is 2. The third kappa shape index (κ3) is 2.60.